The van der Waals surface area contributed by atoms with Gasteiger partial charge in [-0.2, -0.15) is 11.8 Å². The molecule has 2 aliphatic rings. The number of amides is 1. The smallest absolute Gasteiger partial charge is 0.223 e. The van der Waals surface area contributed by atoms with Crippen molar-refractivity contribution in [3.8, 4) is 0 Å². The van der Waals surface area contributed by atoms with Crippen molar-refractivity contribution < 1.29 is 4.79 Å². The van der Waals surface area contributed by atoms with E-state index in [4.69, 9.17) is 5.73 Å². The van der Waals surface area contributed by atoms with Crippen LogP contribution in [0.2, 0.25) is 0 Å². The van der Waals surface area contributed by atoms with E-state index in [1.807, 2.05) is 16.7 Å². The van der Waals surface area contributed by atoms with Crippen molar-refractivity contribution >= 4 is 17.7 Å². The molecule has 2 atom stereocenters. The zero-order valence-electron chi connectivity index (χ0n) is 9.37. The molecule has 2 saturated heterocycles. The predicted octanol–water partition coefficient (Wildman–Crippen LogP) is 1.08. The largest absolute Gasteiger partial charge is 0.341 e. The lowest BCUT2D eigenvalue weighted by Gasteiger charge is -2.29. The minimum Gasteiger partial charge on any atom is -0.341 e. The third-order valence-electron chi connectivity index (χ3n) is 3.45. The van der Waals surface area contributed by atoms with Crippen LogP contribution in [0.4, 0.5) is 0 Å². The number of nitrogens with two attached hydrogens (primary N) is 1. The molecular formula is C11H20N2OS. The van der Waals surface area contributed by atoms with Gasteiger partial charge in [-0.1, -0.05) is 0 Å². The molecule has 0 aliphatic carbocycles. The summed E-state index contributed by atoms with van der Waals surface area (Å²) in [4.78, 5) is 13.8. The maximum Gasteiger partial charge on any atom is 0.223 e. The molecule has 0 aromatic heterocycles. The Morgan fingerprint density at radius 2 is 2.47 bits per heavy atom. The number of hydrogen-bond donors (Lipinski definition) is 1. The van der Waals surface area contributed by atoms with Crippen molar-refractivity contribution in [1.82, 2.24) is 4.90 Å². The Morgan fingerprint density at radius 3 is 3.00 bits per heavy atom. The standard InChI is InChI=1S/C11H20N2OS/c1-11(3-2-4-15-11)8-13-7-9(6-12)5-10(13)14/h9H,2-8,12H2,1H3. The molecular weight excluding hydrogens is 208 g/mol. The SMILES string of the molecule is CC1(CN2CC(CN)CC2=O)CCCS1. The molecule has 0 aromatic carbocycles. The minimum atomic E-state index is 0.305. The average Bonchev–Trinajstić information content (AvgIpc) is 2.75. The van der Waals surface area contributed by atoms with Crippen molar-refractivity contribution in [2.24, 2.45) is 11.7 Å². The van der Waals surface area contributed by atoms with Gasteiger partial charge >= 0.3 is 0 Å². The fourth-order valence-electron chi connectivity index (χ4n) is 2.53. The monoisotopic (exact) mass is 228 g/mol. The van der Waals surface area contributed by atoms with Gasteiger partial charge in [0.25, 0.3) is 0 Å². The predicted molar refractivity (Wildman–Crippen MR) is 63.8 cm³/mol. The number of nitrogens with zero attached hydrogens (tertiary/aromatic N) is 1. The second-order valence-corrected chi connectivity index (χ2v) is 6.66. The quantitative estimate of drug-likeness (QED) is 0.786. The van der Waals surface area contributed by atoms with Crippen LogP contribution in [0.3, 0.4) is 0 Å². The van der Waals surface area contributed by atoms with Gasteiger partial charge in [-0.3, -0.25) is 4.79 Å². The van der Waals surface area contributed by atoms with Crippen LogP contribution < -0.4 is 5.73 Å². The van der Waals surface area contributed by atoms with Crippen molar-refractivity contribution in [2.75, 3.05) is 25.4 Å². The van der Waals surface area contributed by atoms with E-state index in [0.29, 0.717) is 29.5 Å². The molecule has 1 amide bonds. The van der Waals surface area contributed by atoms with E-state index >= 15 is 0 Å². The molecule has 0 bridgehead atoms. The summed E-state index contributed by atoms with van der Waals surface area (Å²) < 4.78 is 0.305. The molecule has 2 heterocycles. The van der Waals surface area contributed by atoms with Crippen LogP contribution in [0.5, 0.6) is 0 Å². The molecule has 0 radical (unpaired) electrons. The zero-order valence-corrected chi connectivity index (χ0v) is 10.2. The molecule has 2 N–H and O–H groups in total. The average molecular weight is 228 g/mol. The van der Waals surface area contributed by atoms with Gasteiger partial charge in [0.2, 0.25) is 5.91 Å². The zero-order chi connectivity index (χ0) is 10.9. The highest BCUT2D eigenvalue weighted by Gasteiger charge is 2.36. The van der Waals surface area contributed by atoms with Gasteiger partial charge in [-0.15, -0.1) is 0 Å². The first-order valence-electron chi connectivity index (χ1n) is 5.75. The lowest BCUT2D eigenvalue weighted by molar-refractivity contribution is -0.128. The second-order valence-electron chi connectivity index (χ2n) is 4.98. The summed E-state index contributed by atoms with van der Waals surface area (Å²) in [6, 6.07) is 0. The van der Waals surface area contributed by atoms with E-state index in [2.05, 4.69) is 6.92 Å². The normalized spacial score (nSPS) is 36.5. The van der Waals surface area contributed by atoms with Gasteiger partial charge in [-0.25, -0.2) is 0 Å². The molecule has 15 heavy (non-hydrogen) atoms. The molecule has 0 aromatic rings. The molecule has 3 nitrogen and oxygen atoms in total. The summed E-state index contributed by atoms with van der Waals surface area (Å²) in [5.74, 6) is 1.95. The van der Waals surface area contributed by atoms with E-state index in [1.165, 1.54) is 18.6 Å². The number of carbonyl (C=O) groups is 1. The molecule has 4 heteroatoms. The summed E-state index contributed by atoms with van der Waals surface area (Å²) in [6.45, 7) is 4.73. The van der Waals surface area contributed by atoms with Gasteiger partial charge in [0.15, 0.2) is 0 Å². The van der Waals surface area contributed by atoms with Crippen LogP contribution >= 0.6 is 11.8 Å². The number of carbonyl (C=O) groups excluding carboxylic acids is 1. The third-order valence-corrected chi connectivity index (χ3v) is 4.98. The summed E-state index contributed by atoms with van der Waals surface area (Å²) in [6.07, 6.45) is 3.20. The third kappa shape index (κ3) is 2.48. The molecule has 2 fully saturated rings. The van der Waals surface area contributed by atoms with E-state index in [9.17, 15) is 4.79 Å². The maximum atomic E-state index is 11.7. The molecule has 2 aliphatic heterocycles. The first-order valence-corrected chi connectivity index (χ1v) is 6.73. The Bertz CT molecular complexity index is 251. The summed E-state index contributed by atoms with van der Waals surface area (Å²) in [7, 11) is 0. The van der Waals surface area contributed by atoms with Crippen molar-refractivity contribution in [3.63, 3.8) is 0 Å². The molecule has 2 rings (SSSR count). The summed E-state index contributed by atoms with van der Waals surface area (Å²) in [5, 5.41) is 0. The van der Waals surface area contributed by atoms with Crippen molar-refractivity contribution in [1.29, 1.82) is 0 Å². The Kier molecular flexibility index (Phi) is 3.26. The molecule has 86 valence electrons. The number of likely N-dealkylation sites (tertiary alicyclic amines) is 1. The van der Waals surface area contributed by atoms with E-state index < -0.39 is 0 Å². The van der Waals surface area contributed by atoms with Crippen LogP contribution in [-0.2, 0) is 4.79 Å². The number of rotatable bonds is 3. The van der Waals surface area contributed by atoms with E-state index in [0.717, 1.165) is 13.1 Å². The van der Waals surface area contributed by atoms with Crippen LogP contribution in [-0.4, -0.2) is 40.9 Å². The number of thioether (sulfide) groups is 1. The van der Waals surface area contributed by atoms with Gasteiger partial charge < -0.3 is 10.6 Å². The van der Waals surface area contributed by atoms with Crippen LogP contribution in [0.15, 0.2) is 0 Å². The summed E-state index contributed by atoms with van der Waals surface area (Å²) >= 11 is 2.02. The van der Waals surface area contributed by atoms with E-state index in [1.54, 1.807) is 0 Å². The highest BCUT2D eigenvalue weighted by Crippen LogP contribution is 2.39. The van der Waals surface area contributed by atoms with Crippen molar-refractivity contribution in [2.45, 2.75) is 30.9 Å². The Hall–Kier alpha value is -0.220. The van der Waals surface area contributed by atoms with Gasteiger partial charge in [0, 0.05) is 24.3 Å². The fraction of sp³-hybridized carbons (Fsp3) is 0.909. The van der Waals surface area contributed by atoms with Crippen molar-refractivity contribution in [3.05, 3.63) is 0 Å². The van der Waals surface area contributed by atoms with Gasteiger partial charge in [0.05, 0.1) is 0 Å². The van der Waals surface area contributed by atoms with Gasteiger partial charge in [0.1, 0.15) is 0 Å². The van der Waals surface area contributed by atoms with Gasteiger partial charge in [-0.05, 0) is 38.0 Å². The lowest BCUT2D eigenvalue weighted by Crippen LogP contribution is -2.38. The Labute approximate surface area is 95.8 Å². The fourth-order valence-corrected chi connectivity index (χ4v) is 3.85. The topological polar surface area (TPSA) is 46.3 Å². The Balaban J connectivity index is 1.92. The minimum absolute atomic E-state index is 0.305. The second kappa shape index (κ2) is 4.34. The van der Waals surface area contributed by atoms with E-state index in [-0.39, 0.29) is 0 Å². The number of hydrogen-bond acceptors (Lipinski definition) is 3. The molecule has 2 unspecified atom stereocenters. The molecule has 0 saturated carbocycles. The van der Waals surface area contributed by atoms with Crippen LogP contribution in [0, 0.1) is 5.92 Å². The van der Waals surface area contributed by atoms with Crippen LogP contribution in [0.1, 0.15) is 26.2 Å². The Morgan fingerprint density at radius 1 is 1.67 bits per heavy atom. The lowest BCUT2D eigenvalue weighted by atomic mass is 10.1. The first-order chi connectivity index (χ1) is 7.13. The van der Waals surface area contributed by atoms with Crippen LogP contribution in [0.25, 0.3) is 0 Å². The maximum absolute atomic E-state index is 11.7. The first kappa shape index (κ1) is 11.3. The highest BCUT2D eigenvalue weighted by atomic mass is 32.2. The molecule has 0 spiro atoms. The summed E-state index contributed by atoms with van der Waals surface area (Å²) in [5.41, 5.74) is 5.62. The highest BCUT2D eigenvalue weighted by molar-refractivity contribution is 8.00.